The highest BCUT2D eigenvalue weighted by atomic mass is 16.1. The fourth-order valence-electron chi connectivity index (χ4n) is 2.92. The lowest BCUT2D eigenvalue weighted by atomic mass is 9.98. The lowest BCUT2D eigenvalue weighted by Crippen LogP contribution is -2.18. The second-order valence-corrected chi connectivity index (χ2v) is 5.93. The highest BCUT2D eigenvalue weighted by Gasteiger charge is 2.17. The number of anilines is 1. The van der Waals surface area contributed by atoms with Gasteiger partial charge in [0.1, 0.15) is 0 Å². The Bertz CT molecular complexity index is 616. The summed E-state index contributed by atoms with van der Waals surface area (Å²) in [6.45, 7) is 4.08. The minimum atomic E-state index is -0.153. The van der Waals surface area contributed by atoms with Crippen LogP contribution in [0.1, 0.15) is 36.3 Å². The van der Waals surface area contributed by atoms with Crippen LogP contribution in [0.4, 0.5) is 5.69 Å². The van der Waals surface area contributed by atoms with E-state index in [-0.39, 0.29) is 11.8 Å². The zero-order chi connectivity index (χ0) is 15.4. The molecule has 1 aliphatic rings. The molecule has 1 aliphatic heterocycles. The van der Waals surface area contributed by atoms with Crippen molar-refractivity contribution in [3.05, 3.63) is 65.7 Å². The minimum Gasteiger partial charge on any atom is -0.326 e. The van der Waals surface area contributed by atoms with Gasteiger partial charge in [-0.25, -0.2) is 0 Å². The lowest BCUT2D eigenvalue weighted by Gasteiger charge is -2.14. The summed E-state index contributed by atoms with van der Waals surface area (Å²) in [7, 11) is 0. The molecule has 0 aliphatic carbocycles. The van der Waals surface area contributed by atoms with E-state index in [0.717, 1.165) is 24.3 Å². The molecule has 3 rings (SSSR count). The number of benzene rings is 2. The number of rotatable bonds is 4. The van der Waals surface area contributed by atoms with E-state index in [9.17, 15) is 4.79 Å². The van der Waals surface area contributed by atoms with Gasteiger partial charge < -0.3 is 10.6 Å². The maximum absolute atomic E-state index is 12.3. The van der Waals surface area contributed by atoms with E-state index in [1.807, 2.05) is 49.4 Å². The molecule has 1 fully saturated rings. The molecule has 1 unspecified atom stereocenters. The Balaban J connectivity index is 1.64. The van der Waals surface area contributed by atoms with Gasteiger partial charge in [-0.2, -0.15) is 0 Å². The second kappa shape index (κ2) is 6.75. The molecular weight excluding hydrogens is 272 g/mol. The minimum absolute atomic E-state index is 0.0292. The molecule has 1 heterocycles. The Morgan fingerprint density at radius 2 is 1.86 bits per heavy atom. The van der Waals surface area contributed by atoms with E-state index in [1.165, 1.54) is 12.0 Å². The van der Waals surface area contributed by atoms with Gasteiger partial charge in [-0.1, -0.05) is 42.5 Å². The normalized spacial score (nSPS) is 18.9. The third-order valence-corrected chi connectivity index (χ3v) is 4.40. The summed E-state index contributed by atoms with van der Waals surface area (Å²) in [5.74, 6) is 0.481. The third-order valence-electron chi connectivity index (χ3n) is 4.40. The van der Waals surface area contributed by atoms with Crippen LogP contribution in [0.2, 0.25) is 0 Å². The summed E-state index contributed by atoms with van der Waals surface area (Å²) in [6, 6.07) is 18.1. The van der Waals surface area contributed by atoms with Crippen molar-refractivity contribution >= 4 is 11.6 Å². The first-order chi connectivity index (χ1) is 10.7. The molecule has 3 heteroatoms. The molecule has 2 N–H and O–H groups in total. The number of nitrogens with one attached hydrogen (secondary N) is 2. The molecule has 0 spiro atoms. The Morgan fingerprint density at radius 3 is 2.50 bits per heavy atom. The smallest absolute Gasteiger partial charge is 0.231 e. The summed E-state index contributed by atoms with van der Waals surface area (Å²) < 4.78 is 0. The van der Waals surface area contributed by atoms with Crippen molar-refractivity contribution in [2.45, 2.75) is 25.2 Å². The van der Waals surface area contributed by atoms with Crippen molar-refractivity contribution in [2.24, 2.45) is 0 Å². The molecule has 0 aromatic heterocycles. The third kappa shape index (κ3) is 3.37. The van der Waals surface area contributed by atoms with Crippen molar-refractivity contribution < 1.29 is 4.79 Å². The molecule has 0 bridgehead atoms. The summed E-state index contributed by atoms with van der Waals surface area (Å²) in [4.78, 5) is 12.3. The van der Waals surface area contributed by atoms with Crippen molar-refractivity contribution in [1.82, 2.24) is 5.32 Å². The lowest BCUT2D eigenvalue weighted by molar-refractivity contribution is -0.117. The number of amides is 1. The van der Waals surface area contributed by atoms with Crippen LogP contribution >= 0.6 is 0 Å². The van der Waals surface area contributed by atoms with Gasteiger partial charge in [0.25, 0.3) is 0 Å². The van der Waals surface area contributed by atoms with Gasteiger partial charge in [-0.15, -0.1) is 0 Å². The van der Waals surface area contributed by atoms with Crippen molar-refractivity contribution in [2.75, 3.05) is 18.4 Å². The van der Waals surface area contributed by atoms with Gasteiger partial charge in [0, 0.05) is 12.2 Å². The van der Waals surface area contributed by atoms with E-state index in [0.29, 0.717) is 5.92 Å². The molecule has 2 atom stereocenters. The van der Waals surface area contributed by atoms with Gasteiger partial charge in [0.2, 0.25) is 5.91 Å². The van der Waals surface area contributed by atoms with E-state index >= 15 is 0 Å². The molecule has 2 aromatic carbocycles. The summed E-state index contributed by atoms with van der Waals surface area (Å²) in [5, 5.41) is 6.38. The van der Waals surface area contributed by atoms with E-state index < -0.39 is 0 Å². The van der Waals surface area contributed by atoms with Crippen molar-refractivity contribution in [1.29, 1.82) is 0 Å². The molecule has 22 heavy (non-hydrogen) atoms. The fraction of sp³-hybridized carbons (Fsp3) is 0.316. The Kier molecular flexibility index (Phi) is 4.54. The largest absolute Gasteiger partial charge is 0.326 e. The first-order valence-electron chi connectivity index (χ1n) is 7.90. The topological polar surface area (TPSA) is 41.1 Å². The van der Waals surface area contributed by atoms with E-state index in [1.54, 1.807) is 0 Å². The van der Waals surface area contributed by atoms with Crippen LogP contribution in [0.5, 0.6) is 0 Å². The molecule has 2 aromatic rings. The standard InChI is InChI=1S/C19H22N2O/c1-14(15-5-3-2-4-6-15)19(22)21-18-9-7-16(8-10-18)17-11-12-20-13-17/h2-10,14,17,20H,11-13H2,1H3,(H,21,22)/t14-,17?/m1/s1. The summed E-state index contributed by atoms with van der Waals surface area (Å²) in [5.41, 5.74) is 3.25. The van der Waals surface area contributed by atoms with E-state index in [2.05, 4.69) is 22.8 Å². The Labute approximate surface area is 131 Å². The molecule has 0 saturated carbocycles. The molecular formula is C19H22N2O. The average molecular weight is 294 g/mol. The van der Waals surface area contributed by atoms with Crippen molar-refractivity contribution in [3.63, 3.8) is 0 Å². The molecule has 1 amide bonds. The van der Waals surface area contributed by atoms with Crippen LogP contribution in [-0.4, -0.2) is 19.0 Å². The second-order valence-electron chi connectivity index (χ2n) is 5.93. The van der Waals surface area contributed by atoms with Gasteiger partial charge in [0.05, 0.1) is 5.92 Å². The van der Waals surface area contributed by atoms with Crippen LogP contribution in [-0.2, 0) is 4.79 Å². The van der Waals surface area contributed by atoms with Gasteiger partial charge in [0.15, 0.2) is 0 Å². The Hall–Kier alpha value is -2.13. The molecule has 0 radical (unpaired) electrons. The molecule has 114 valence electrons. The average Bonchev–Trinajstić information content (AvgIpc) is 3.10. The van der Waals surface area contributed by atoms with Crippen molar-refractivity contribution in [3.8, 4) is 0 Å². The Morgan fingerprint density at radius 1 is 1.14 bits per heavy atom. The quantitative estimate of drug-likeness (QED) is 0.906. The highest BCUT2D eigenvalue weighted by molar-refractivity contribution is 5.95. The molecule has 1 saturated heterocycles. The predicted molar refractivity (Wildman–Crippen MR) is 90.2 cm³/mol. The maximum Gasteiger partial charge on any atom is 0.231 e. The van der Waals surface area contributed by atoms with Crippen LogP contribution in [0, 0.1) is 0 Å². The van der Waals surface area contributed by atoms with Crippen LogP contribution in [0.15, 0.2) is 54.6 Å². The van der Waals surface area contributed by atoms with E-state index in [4.69, 9.17) is 0 Å². The number of carbonyl (C=O) groups is 1. The predicted octanol–water partition coefficient (Wildman–Crippen LogP) is 3.51. The van der Waals surface area contributed by atoms with Gasteiger partial charge in [-0.05, 0) is 49.1 Å². The zero-order valence-electron chi connectivity index (χ0n) is 12.9. The zero-order valence-corrected chi connectivity index (χ0v) is 12.9. The monoisotopic (exact) mass is 294 g/mol. The highest BCUT2D eigenvalue weighted by Crippen LogP contribution is 2.24. The first kappa shape index (κ1) is 14.8. The summed E-state index contributed by atoms with van der Waals surface area (Å²) in [6.07, 6.45) is 1.19. The van der Waals surface area contributed by atoms with Gasteiger partial charge in [-0.3, -0.25) is 4.79 Å². The number of hydrogen-bond acceptors (Lipinski definition) is 2. The fourth-order valence-corrected chi connectivity index (χ4v) is 2.92. The number of hydrogen-bond donors (Lipinski definition) is 2. The first-order valence-corrected chi connectivity index (χ1v) is 7.90. The van der Waals surface area contributed by atoms with Crippen LogP contribution in [0.25, 0.3) is 0 Å². The van der Waals surface area contributed by atoms with Crippen LogP contribution in [0.3, 0.4) is 0 Å². The van der Waals surface area contributed by atoms with Crippen LogP contribution < -0.4 is 10.6 Å². The SMILES string of the molecule is C[C@@H](C(=O)Nc1ccc(C2CCNC2)cc1)c1ccccc1. The summed E-state index contributed by atoms with van der Waals surface area (Å²) >= 11 is 0. The number of carbonyl (C=O) groups excluding carboxylic acids is 1. The molecule has 3 nitrogen and oxygen atoms in total. The van der Waals surface area contributed by atoms with Gasteiger partial charge >= 0.3 is 0 Å². The maximum atomic E-state index is 12.3.